The Morgan fingerprint density at radius 1 is 1.38 bits per heavy atom. The van der Waals surface area contributed by atoms with Crippen molar-refractivity contribution >= 4 is 23.6 Å². The summed E-state index contributed by atoms with van der Waals surface area (Å²) in [5.74, 6) is -0.931. The molecule has 0 rings (SSSR count). The fraction of sp³-hybridized carbons (Fsp3) is 0.818. The lowest BCUT2D eigenvalue weighted by atomic mass is 9.85. The number of nitrogens with one attached hydrogen (secondary N) is 1. The molecule has 0 bridgehead atoms. The zero-order valence-electron chi connectivity index (χ0n) is 10.5. The topological polar surface area (TPSA) is 66.4 Å². The van der Waals surface area contributed by atoms with Crippen LogP contribution in [0.3, 0.4) is 0 Å². The van der Waals surface area contributed by atoms with Crippen LogP contribution in [0.1, 0.15) is 34.1 Å². The van der Waals surface area contributed by atoms with E-state index in [0.717, 1.165) is 0 Å². The quantitative estimate of drug-likeness (QED) is 0.750. The van der Waals surface area contributed by atoms with Crippen LogP contribution < -0.4 is 5.32 Å². The molecule has 0 heterocycles. The van der Waals surface area contributed by atoms with Gasteiger partial charge in [-0.05, 0) is 26.0 Å². The van der Waals surface area contributed by atoms with E-state index in [1.54, 1.807) is 6.92 Å². The van der Waals surface area contributed by atoms with Gasteiger partial charge in [0, 0.05) is 5.54 Å². The van der Waals surface area contributed by atoms with E-state index in [4.69, 9.17) is 5.11 Å². The minimum absolute atomic E-state index is 0.0580. The van der Waals surface area contributed by atoms with Crippen LogP contribution in [0.2, 0.25) is 0 Å². The molecule has 0 spiro atoms. The molecular weight excluding hydrogens is 226 g/mol. The van der Waals surface area contributed by atoms with E-state index < -0.39 is 11.5 Å². The van der Waals surface area contributed by atoms with E-state index in [2.05, 4.69) is 5.32 Å². The molecule has 0 aliphatic rings. The van der Waals surface area contributed by atoms with E-state index in [1.165, 1.54) is 11.8 Å². The molecule has 0 fully saturated rings. The Kier molecular flexibility index (Phi) is 5.86. The molecule has 16 heavy (non-hydrogen) atoms. The third-order valence-electron chi connectivity index (χ3n) is 2.92. The van der Waals surface area contributed by atoms with Crippen molar-refractivity contribution in [2.24, 2.45) is 5.92 Å². The number of amides is 1. The highest BCUT2D eigenvalue weighted by Crippen LogP contribution is 2.21. The Labute approximate surface area is 101 Å². The molecule has 94 valence electrons. The number of carbonyl (C=O) groups is 2. The summed E-state index contributed by atoms with van der Waals surface area (Å²) in [4.78, 5) is 22.5. The number of carbonyl (C=O) groups excluding carboxylic acids is 1. The molecule has 0 aromatic rings. The van der Waals surface area contributed by atoms with Gasteiger partial charge < -0.3 is 10.4 Å². The van der Waals surface area contributed by atoms with Gasteiger partial charge in [0.25, 0.3) is 0 Å². The summed E-state index contributed by atoms with van der Waals surface area (Å²) in [6, 6.07) is 0. The van der Waals surface area contributed by atoms with Gasteiger partial charge in [0.15, 0.2) is 0 Å². The summed E-state index contributed by atoms with van der Waals surface area (Å²) in [6.45, 7) is 7.40. The van der Waals surface area contributed by atoms with Crippen LogP contribution in [0, 0.1) is 5.92 Å². The molecule has 0 saturated carbocycles. The highest BCUT2D eigenvalue weighted by molar-refractivity contribution is 7.99. The van der Waals surface area contributed by atoms with E-state index in [1.807, 2.05) is 27.0 Å². The minimum Gasteiger partial charge on any atom is -0.481 e. The van der Waals surface area contributed by atoms with Gasteiger partial charge in [-0.15, -0.1) is 0 Å². The molecular formula is C11H21NO3S. The molecule has 0 aliphatic heterocycles. The average molecular weight is 247 g/mol. The number of hydrogen-bond acceptors (Lipinski definition) is 3. The predicted molar refractivity (Wildman–Crippen MR) is 66.6 cm³/mol. The second-order valence-corrected chi connectivity index (χ2v) is 5.69. The second kappa shape index (κ2) is 6.13. The van der Waals surface area contributed by atoms with Gasteiger partial charge in [-0.2, -0.15) is 11.8 Å². The first kappa shape index (κ1) is 15.3. The van der Waals surface area contributed by atoms with Crippen molar-refractivity contribution in [2.45, 2.75) is 44.9 Å². The largest absolute Gasteiger partial charge is 0.481 e. The molecule has 0 aromatic carbocycles. The molecule has 2 unspecified atom stereocenters. The number of rotatable bonds is 6. The standard InChI is InChI=1S/C11H21NO3S/c1-7(2)11(4,6-9(13)14)12-10(15)8(3)16-5/h7-8H,6H2,1-5H3,(H,12,15)(H,13,14). The van der Waals surface area contributed by atoms with Gasteiger partial charge in [-0.1, -0.05) is 13.8 Å². The van der Waals surface area contributed by atoms with Gasteiger partial charge in [0.05, 0.1) is 11.7 Å². The monoisotopic (exact) mass is 247 g/mol. The first-order chi connectivity index (χ1) is 7.23. The molecule has 2 atom stereocenters. The van der Waals surface area contributed by atoms with E-state index in [-0.39, 0.29) is 23.5 Å². The van der Waals surface area contributed by atoms with Crippen LogP contribution in [0.15, 0.2) is 0 Å². The third-order valence-corrected chi connectivity index (χ3v) is 3.85. The molecule has 0 aliphatic carbocycles. The molecule has 2 N–H and O–H groups in total. The summed E-state index contributed by atoms with van der Waals surface area (Å²) < 4.78 is 0. The SMILES string of the molecule is CSC(C)C(=O)NC(C)(CC(=O)O)C(C)C. The van der Waals surface area contributed by atoms with Crippen LogP contribution in [0.4, 0.5) is 0 Å². The van der Waals surface area contributed by atoms with Crippen LogP contribution in [-0.4, -0.2) is 34.0 Å². The molecule has 0 aromatic heterocycles. The number of aliphatic carboxylic acids is 1. The van der Waals surface area contributed by atoms with Crippen molar-refractivity contribution in [1.82, 2.24) is 5.32 Å². The normalized spacial score (nSPS) is 16.6. The summed E-state index contributed by atoms with van der Waals surface area (Å²) in [5.41, 5.74) is -0.688. The summed E-state index contributed by atoms with van der Waals surface area (Å²) >= 11 is 1.44. The maximum Gasteiger partial charge on any atom is 0.305 e. The van der Waals surface area contributed by atoms with E-state index in [9.17, 15) is 9.59 Å². The minimum atomic E-state index is -0.895. The maximum atomic E-state index is 11.8. The van der Waals surface area contributed by atoms with Gasteiger partial charge in [0.1, 0.15) is 0 Å². The van der Waals surface area contributed by atoms with Crippen molar-refractivity contribution < 1.29 is 14.7 Å². The summed E-state index contributed by atoms with van der Waals surface area (Å²) in [5, 5.41) is 11.5. The molecule has 0 radical (unpaired) electrons. The first-order valence-electron chi connectivity index (χ1n) is 5.29. The van der Waals surface area contributed by atoms with Crippen LogP contribution in [-0.2, 0) is 9.59 Å². The fourth-order valence-corrected chi connectivity index (χ4v) is 1.47. The van der Waals surface area contributed by atoms with E-state index in [0.29, 0.717) is 0 Å². The van der Waals surface area contributed by atoms with Crippen LogP contribution in [0.25, 0.3) is 0 Å². The Morgan fingerprint density at radius 2 is 1.88 bits per heavy atom. The Balaban J connectivity index is 4.68. The van der Waals surface area contributed by atoms with Crippen molar-refractivity contribution in [3.05, 3.63) is 0 Å². The van der Waals surface area contributed by atoms with Crippen molar-refractivity contribution in [2.75, 3.05) is 6.26 Å². The number of hydrogen-bond donors (Lipinski definition) is 2. The summed E-state index contributed by atoms with van der Waals surface area (Å²) in [6.07, 6.45) is 1.80. The van der Waals surface area contributed by atoms with Crippen LogP contribution in [0.5, 0.6) is 0 Å². The molecule has 0 saturated heterocycles. The second-order valence-electron chi connectivity index (χ2n) is 4.51. The smallest absolute Gasteiger partial charge is 0.305 e. The summed E-state index contributed by atoms with van der Waals surface area (Å²) in [7, 11) is 0. The predicted octanol–water partition coefficient (Wildman–Crippen LogP) is 1.74. The number of carboxylic acids is 1. The average Bonchev–Trinajstić information content (AvgIpc) is 2.14. The zero-order chi connectivity index (χ0) is 12.9. The zero-order valence-corrected chi connectivity index (χ0v) is 11.4. The lowest BCUT2D eigenvalue weighted by molar-refractivity contribution is -0.139. The number of carboxylic acid groups (broad SMARTS) is 1. The van der Waals surface area contributed by atoms with Gasteiger partial charge in [-0.3, -0.25) is 9.59 Å². The molecule has 1 amide bonds. The number of thioether (sulfide) groups is 1. The fourth-order valence-electron chi connectivity index (χ4n) is 1.20. The molecule has 4 nitrogen and oxygen atoms in total. The van der Waals surface area contributed by atoms with Crippen LogP contribution >= 0.6 is 11.8 Å². The highest BCUT2D eigenvalue weighted by Gasteiger charge is 2.33. The van der Waals surface area contributed by atoms with Gasteiger partial charge >= 0.3 is 5.97 Å². The lowest BCUT2D eigenvalue weighted by Crippen LogP contribution is -2.53. The Hall–Kier alpha value is -0.710. The highest BCUT2D eigenvalue weighted by atomic mass is 32.2. The van der Waals surface area contributed by atoms with Crippen molar-refractivity contribution in [3.8, 4) is 0 Å². The Morgan fingerprint density at radius 3 is 2.19 bits per heavy atom. The molecule has 5 heteroatoms. The van der Waals surface area contributed by atoms with Gasteiger partial charge in [0.2, 0.25) is 5.91 Å². The van der Waals surface area contributed by atoms with Gasteiger partial charge in [-0.25, -0.2) is 0 Å². The maximum absolute atomic E-state index is 11.8. The third kappa shape index (κ3) is 4.43. The van der Waals surface area contributed by atoms with Crippen molar-refractivity contribution in [3.63, 3.8) is 0 Å². The van der Waals surface area contributed by atoms with E-state index >= 15 is 0 Å². The Bertz CT molecular complexity index is 268. The first-order valence-corrected chi connectivity index (χ1v) is 6.58. The lowest BCUT2D eigenvalue weighted by Gasteiger charge is -2.34. The van der Waals surface area contributed by atoms with Crippen molar-refractivity contribution in [1.29, 1.82) is 0 Å².